The number of rotatable bonds is 3. The first kappa shape index (κ1) is 15.8. The van der Waals surface area contributed by atoms with E-state index in [0.29, 0.717) is 6.42 Å². The van der Waals surface area contributed by atoms with Gasteiger partial charge >= 0.3 is 6.03 Å². The van der Waals surface area contributed by atoms with E-state index in [4.69, 9.17) is 0 Å². The molecular formula is C14H19FN2O3S. The van der Waals surface area contributed by atoms with Gasteiger partial charge in [-0.25, -0.2) is 17.6 Å². The fourth-order valence-electron chi connectivity index (χ4n) is 2.37. The van der Waals surface area contributed by atoms with Crippen molar-refractivity contribution in [2.75, 3.05) is 18.6 Å². The highest BCUT2D eigenvalue weighted by Gasteiger charge is 2.33. The second-order valence-electron chi connectivity index (χ2n) is 5.39. The molecule has 0 saturated carbocycles. The number of carbonyl (C=O) groups is 1. The third-order valence-electron chi connectivity index (χ3n) is 3.79. The summed E-state index contributed by atoms with van der Waals surface area (Å²) < 4.78 is 35.8. The Morgan fingerprint density at radius 1 is 1.38 bits per heavy atom. The molecule has 2 rings (SSSR count). The first-order valence-corrected chi connectivity index (χ1v) is 8.60. The number of urea groups is 1. The molecule has 0 bridgehead atoms. The molecule has 0 spiro atoms. The van der Waals surface area contributed by atoms with Crippen LogP contribution in [0.1, 0.15) is 24.9 Å². The zero-order valence-corrected chi connectivity index (χ0v) is 12.9. The molecule has 1 saturated heterocycles. The van der Waals surface area contributed by atoms with Crippen LogP contribution in [0.4, 0.5) is 9.18 Å². The molecule has 0 unspecified atom stereocenters. The summed E-state index contributed by atoms with van der Waals surface area (Å²) in [5, 5.41) is 2.79. The minimum absolute atomic E-state index is 0.0157. The minimum atomic E-state index is -3.02. The molecule has 2 amide bonds. The lowest BCUT2D eigenvalue weighted by atomic mass is 10.1. The Labute approximate surface area is 124 Å². The quantitative estimate of drug-likeness (QED) is 0.924. The Morgan fingerprint density at radius 2 is 2.00 bits per heavy atom. The number of hydrogen-bond donors (Lipinski definition) is 1. The topological polar surface area (TPSA) is 66.5 Å². The maximum absolute atomic E-state index is 12.9. The van der Waals surface area contributed by atoms with Gasteiger partial charge in [0, 0.05) is 13.1 Å². The molecule has 1 fully saturated rings. The van der Waals surface area contributed by atoms with Crippen LogP contribution in [-0.2, 0) is 9.84 Å². The van der Waals surface area contributed by atoms with Crippen LogP contribution in [-0.4, -0.2) is 43.9 Å². The van der Waals surface area contributed by atoms with Crippen LogP contribution >= 0.6 is 0 Å². The number of carbonyl (C=O) groups excluding carboxylic acids is 1. The SMILES string of the molecule is C[C@@H](NC(=O)N(C)[C@H]1CCS(=O)(=O)C1)c1ccc(F)cc1. The molecule has 0 aromatic heterocycles. The Hall–Kier alpha value is -1.63. The van der Waals surface area contributed by atoms with E-state index in [1.165, 1.54) is 17.0 Å². The van der Waals surface area contributed by atoms with Gasteiger partial charge in [-0.05, 0) is 31.0 Å². The Bertz CT molecular complexity index is 616. The summed E-state index contributed by atoms with van der Waals surface area (Å²) in [5.41, 5.74) is 0.789. The van der Waals surface area contributed by atoms with E-state index in [0.717, 1.165) is 5.56 Å². The van der Waals surface area contributed by atoms with Gasteiger partial charge < -0.3 is 10.2 Å². The van der Waals surface area contributed by atoms with Crippen molar-refractivity contribution in [1.29, 1.82) is 0 Å². The zero-order chi connectivity index (χ0) is 15.6. The predicted octanol–water partition coefficient (Wildman–Crippen LogP) is 1.72. The second kappa shape index (κ2) is 6.01. The van der Waals surface area contributed by atoms with Gasteiger partial charge in [-0.2, -0.15) is 0 Å². The fourth-order valence-corrected chi connectivity index (χ4v) is 4.14. The Morgan fingerprint density at radius 3 is 2.52 bits per heavy atom. The van der Waals surface area contributed by atoms with E-state index in [1.807, 2.05) is 0 Å². The van der Waals surface area contributed by atoms with Crippen molar-refractivity contribution in [1.82, 2.24) is 10.2 Å². The summed E-state index contributed by atoms with van der Waals surface area (Å²) in [6.45, 7) is 1.80. The van der Waals surface area contributed by atoms with Crippen LogP contribution in [0.15, 0.2) is 24.3 Å². The largest absolute Gasteiger partial charge is 0.331 e. The molecule has 0 radical (unpaired) electrons. The van der Waals surface area contributed by atoms with Crippen LogP contribution < -0.4 is 5.32 Å². The van der Waals surface area contributed by atoms with Gasteiger partial charge in [-0.1, -0.05) is 12.1 Å². The van der Waals surface area contributed by atoms with Crippen molar-refractivity contribution >= 4 is 15.9 Å². The fraction of sp³-hybridized carbons (Fsp3) is 0.500. The first-order valence-electron chi connectivity index (χ1n) is 6.78. The van der Waals surface area contributed by atoms with Crippen LogP contribution in [0.5, 0.6) is 0 Å². The van der Waals surface area contributed by atoms with Gasteiger partial charge in [0.05, 0.1) is 17.5 Å². The summed E-state index contributed by atoms with van der Waals surface area (Å²) in [4.78, 5) is 13.6. The van der Waals surface area contributed by atoms with Crippen molar-refractivity contribution in [2.45, 2.75) is 25.4 Å². The van der Waals surface area contributed by atoms with E-state index in [9.17, 15) is 17.6 Å². The highest BCUT2D eigenvalue weighted by molar-refractivity contribution is 7.91. The first-order chi connectivity index (χ1) is 9.78. The number of halogens is 1. The molecule has 7 heteroatoms. The molecule has 1 aliphatic heterocycles. The van der Waals surface area contributed by atoms with E-state index in [1.54, 1.807) is 26.1 Å². The van der Waals surface area contributed by atoms with E-state index >= 15 is 0 Å². The molecule has 116 valence electrons. The number of amides is 2. The normalized spacial score (nSPS) is 21.8. The number of sulfone groups is 1. The Kier molecular flexibility index (Phi) is 4.51. The third kappa shape index (κ3) is 3.93. The molecular weight excluding hydrogens is 295 g/mol. The third-order valence-corrected chi connectivity index (χ3v) is 5.54. The molecule has 1 heterocycles. The van der Waals surface area contributed by atoms with Crippen LogP contribution in [0, 0.1) is 5.82 Å². The van der Waals surface area contributed by atoms with Gasteiger partial charge in [-0.3, -0.25) is 0 Å². The zero-order valence-electron chi connectivity index (χ0n) is 12.0. The summed E-state index contributed by atoms with van der Waals surface area (Å²) in [6, 6.07) is 5.01. The molecule has 2 atom stereocenters. The lowest BCUT2D eigenvalue weighted by Gasteiger charge is -2.26. The van der Waals surface area contributed by atoms with Crippen molar-refractivity contribution in [3.8, 4) is 0 Å². The monoisotopic (exact) mass is 314 g/mol. The van der Waals surface area contributed by atoms with Gasteiger partial charge in [0.1, 0.15) is 5.82 Å². The van der Waals surface area contributed by atoms with Gasteiger partial charge in [0.25, 0.3) is 0 Å². The highest BCUT2D eigenvalue weighted by Crippen LogP contribution is 2.18. The molecule has 1 aromatic carbocycles. The summed E-state index contributed by atoms with van der Waals surface area (Å²) in [6.07, 6.45) is 0.469. The van der Waals surface area contributed by atoms with E-state index < -0.39 is 9.84 Å². The molecule has 1 N–H and O–H groups in total. The maximum atomic E-state index is 12.9. The van der Waals surface area contributed by atoms with Crippen molar-refractivity contribution in [2.24, 2.45) is 0 Å². The van der Waals surface area contributed by atoms with E-state index in [2.05, 4.69) is 5.32 Å². The van der Waals surface area contributed by atoms with Gasteiger partial charge in [0.2, 0.25) is 0 Å². The highest BCUT2D eigenvalue weighted by atomic mass is 32.2. The summed E-state index contributed by atoms with van der Waals surface area (Å²) in [7, 11) is -1.43. The van der Waals surface area contributed by atoms with Crippen molar-refractivity contribution in [3.63, 3.8) is 0 Å². The molecule has 1 aliphatic rings. The number of nitrogens with one attached hydrogen (secondary N) is 1. The lowest BCUT2D eigenvalue weighted by molar-refractivity contribution is 0.192. The average Bonchev–Trinajstić information content (AvgIpc) is 2.78. The summed E-state index contributed by atoms with van der Waals surface area (Å²) >= 11 is 0. The number of benzene rings is 1. The average molecular weight is 314 g/mol. The van der Waals surface area contributed by atoms with Crippen molar-refractivity contribution < 1.29 is 17.6 Å². The molecule has 5 nitrogen and oxygen atoms in total. The standard InChI is InChI=1S/C14H19FN2O3S/c1-10(11-3-5-12(15)6-4-11)16-14(18)17(2)13-7-8-21(19,20)9-13/h3-6,10,13H,7-9H2,1-2H3,(H,16,18)/t10-,13+/m1/s1. The smallest absolute Gasteiger partial charge is 0.317 e. The Balaban J connectivity index is 1.96. The maximum Gasteiger partial charge on any atom is 0.317 e. The number of nitrogens with zero attached hydrogens (tertiary/aromatic N) is 1. The van der Waals surface area contributed by atoms with Crippen LogP contribution in [0.3, 0.4) is 0 Å². The second-order valence-corrected chi connectivity index (χ2v) is 7.62. The van der Waals surface area contributed by atoms with E-state index in [-0.39, 0.29) is 35.4 Å². The lowest BCUT2D eigenvalue weighted by Crippen LogP contribution is -2.44. The molecule has 0 aliphatic carbocycles. The van der Waals surface area contributed by atoms with Crippen LogP contribution in [0.25, 0.3) is 0 Å². The van der Waals surface area contributed by atoms with Crippen molar-refractivity contribution in [3.05, 3.63) is 35.6 Å². The van der Waals surface area contributed by atoms with Gasteiger partial charge in [-0.15, -0.1) is 0 Å². The van der Waals surface area contributed by atoms with Crippen LogP contribution in [0.2, 0.25) is 0 Å². The predicted molar refractivity (Wildman–Crippen MR) is 78.2 cm³/mol. The van der Waals surface area contributed by atoms with Gasteiger partial charge in [0.15, 0.2) is 9.84 Å². The minimum Gasteiger partial charge on any atom is -0.331 e. The summed E-state index contributed by atoms with van der Waals surface area (Å²) in [5.74, 6) is -0.185. The number of hydrogen-bond acceptors (Lipinski definition) is 3. The molecule has 21 heavy (non-hydrogen) atoms. The molecule has 1 aromatic rings.